The number of nitrogens with one attached hydrogen (secondary N) is 4. The molecule has 56 heavy (non-hydrogen) atoms. The van der Waals surface area contributed by atoms with Crippen LogP contribution in [-0.2, 0) is 51.2 Å². The quantitative estimate of drug-likeness (QED) is 0.0794. The lowest BCUT2D eigenvalue weighted by atomic mass is 9.80. The number of alkyl carbamates (subject to hydrolysis) is 1. The summed E-state index contributed by atoms with van der Waals surface area (Å²) in [6, 6.07) is 12.7. The molecule has 306 valence electrons. The second-order valence-corrected chi connectivity index (χ2v) is 15.6. The molecule has 1 fully saturated rings. The molecule has 16 heteroatoms. The third-order valence-electron chi connectivity index (χ3n) is 8.91. The number of hydrogen-bond donors (Lipinski definition) is 5. The number of nitrogens with zero attached hydrogens (tertiary/aromatic N) is 1. The van der Waals surface area contributed by atoms with Gasteiger partial charge in [-0.15, -0.1) is 0 Å². The lowest BCUT2D eigenvalue weighted by molar-refractivity contribution is -0.154. The monoisotopic (exact) mass is 780 g/mol. The number of nitrogens with two attached hydrogens (primary N) is 1. The van der Waals surface area contributed by atoms with Gasteiger partial charge in [-0.2, -0.15) is 0 Å². The number of primary amides is 1. The molecule has 0 aromatic heterocycles. The molecule has 0 saturated carbocycles. The van der Waals surface area contributed by atoms with Crippen molar-refractivity contribution in [3.05, 3.63) is 65.7 Å². The van der Waals surface area contributed by atoms with Crippen molar-refractivity contribution in [1.29, 1.82) is 0 Å². The molecule has 0 bridgehead atoms. The average molecular weight is 781 g/mol. The van der Waals surface area contributed by atoms with E-state index in [0.717, 1.165) is 5.56 Å². The molecule has 3 atom stereocenters. The van der Waals surface area contributed by atoms with E-state index < -0.39 is 41.4 Å². The minimum Gasteiger partial charge on any atom is -0.460 e. The first-order valence-electron chi connectivity index (χ1n) is 18.6. The van der Waals surface area contributed by atoms with Crippen LogP contribution in [0.1, 0.15) is 71.9 Å². The van der Waals surface area contributed by atoms with Gasteiger partial charge in [-0.25, -0.2) is 9.59 Å². The third-order valence-corrected chi connectivity index (χ3v) is 8.91. The minimum absolute atomic E-state index is 0.0213. The molecule has 0 spiro atoms. The number of benzene rings is 2. The topological polar surface area (TPSA) is 225 Å². The van der Waals surface area contributed by atoms with Crippen molar-refractivity contribution in [2.45, 2.75) is 85.9 Å². The second-order valence-electron chi connectivity index (χ2n) is 15.6. The van der Waals surface area contributed by atoms with Crippen molar-refractivity contribution >= 4 is 47.4 Å². The van der Waals surface area contributed by atoms with Crippen molar-refractivity contribution in [2.24, 2.45) is 22.5 Å². The van der Waals surface area contributed by atoms with Gasteiger partial charge < -0.3 is 41.2 Å². The molecule has 0 aliphatic carbocycles. The molecule has 1 unspecified atom stereocenters. The van der Waals surface area contributed by atoms with E-state index in [1.165, 1.54) is 4.90 Å². The number of likely N-dealkylation sites (tertiary alicyclic amines) is 1. The summed E-state index contributed by atoms with van der Waals surface area (Å²) in [5.41, 5.74) is 6.06. The zero-order valence-corrected chi connectivity index (χ0v) is 33.1. The predicted molar refractivity (Wildman–Crippen MR) is 207 cm³/mol. The van der Waals surface area contributed by atoms with Gasteiger partial charge in [-0.05, 0) is 62.3 Å². The van der Waals surface area contributed by atoms with Crippen molar-refractivity contribution in [3.63, 3.8) is 0 Å². The number of esters is 1. The Hall–Kier alpha value is -5.51. The van der Waals surface area contributed by atoms with E-state index >= 15 is 0 Å². The van der Waals surface area contributed by atoms with Gasteiger partial charge in [0.15, 0.2) is 0 Å². The molecule has 0 radical (unpaired) electrons. The molecular formula is C40H56N6O10. The fourth-order valence-electron chi connectivity index (χ4n) is 5.63. The fourth-order valence-corrected chi connectivity index (χ4v) is 5.63. The van der Waals surface area contributed by atoms with Gasteiger partial charge in [0.1, 0.15) is 25.3 Å². The Morgan fingerprint density at radius 2 is 1.50 bits per heavy atom. The van der Waals surface area contributed by atoms with Crippen molar-refractivity contribution in [3.8, 4) is 0 Å². The largest absolute Gasteiger partial charge is 0.460 e. The number of ether oxygens (including phenoxy) is 3. The van der Waals surface area contributed by atoms with Crippen LogP contribution in [0.4, 0.5) is 15.3 Å². The standard InChI is InChI=1S/C40H56N6O10/c1-39(2,3)29-24-32(47)46(35(29)50)19-20-54-21-22-55-38(53)45-31(23-26-11-8-7-9-12-26)34(49)44-30(13-10-18-42-37(41)52)33(48)43-28-16-14-27(15-17-28)25-56-36(51)40(4,5)6/h7-9,11-12,14-17,29-31H,10,13,18-25H2,1-6H3,(H,43,48)(H,44,49)(H,45,53)(H3,41,42,52)/t29?,30-,31-/m0/s1. The van der Waals surface area contributed by atoms with Gasteiger partial charge in [0.2, 0.25) is 23.6 Å². The highest BCUT2D eigenvalue weighted by molar-refractivity contribution is 6.04. The van der Waals surface area contributed by atoms with Crippen LogP contribution in [0.2, 0.25) is 0 Å². The van der Waals surface area contributed by atoms with E-state index in [1.54, 1.807) is 69.3 Å². The maximum Gasteiger partial charge on any atom is 0.407 e. The summed E-state index contributed by atoms with van der Waals surface area (Å²) >= 11 is 0. The molecule has 3 rings (SSSR count). The van der Waals surface area contributed by atoms with Gasteiger partial charge >= 0.3 is 18.1 Å². The molecule has 7 amide bonds. The molecule has 1 heterocycles. The van der Waals surface area contributed by atoms with E-state index in [-0.39, 0.29) is 94.3 Å². The Balaban J connectivity index is 1.60. The lowest BCUT2D eigenvalue weighted by Gasteiger charge is -2.24. The lowest BCUT2D eigenvalue weighted by Crippen LogP contribution is -2.53. The van der Waals surface area contributed by atoms with Crippen LogP contribution in [0.5, 0.6) is 0 Å². The summed E-state index contributed by atoms with van der Waals surface area (Å²) in [6.07, 6.45) is -0.263. The zero-order chi connectivity index (χ0) is 41.5. The summed E-state index contributed by atoms with van der Waals surface area (Å²) in [5, 5.41) is 10.5. The summed E-state index contributed by atoms with van der Waals surface area (Å²) in [6.45, 7) is 11.2. The summed E-state index contributed by atoms with van der Waals surface area (Å²) in [7, 11) is 0. The number of anilines is 1. The third kappa shape index (κ3) is 15.0. The minimum atomic E-state index is -1.15. The molecule has 2 aromatic carbocycles. The van der Waals surface area contributed by atoms with Crippen LogP contribution in [0, 0.1) is 16.7 Å². The average Bonchev–Trinajstić information content (AvgIpc) is 3.42. The van der Waals surface area contributed by atoms with Crippen LogP contribution in [0.25, 0.3) is 0 Å². The van der Waals surface area contributed by atoms with E-state index in [1.807, 2.05) is 26.8 Å². The van der Waals surface area contributed by atoms with Crippen LogP contribution < -0.4 is 27.0 Å². The Morgan fingerprint density at radius 3 is 2.11 bits per heavy atom. The number of amides is 7. The highest BCUT2D eigenvalue weighted by Crippen LogP contribution is 2.35. The molecule has 1 aliphatic heterocycles. The van der Waals surface area contributed by atoms with Crippen LogP contribution in [0.3, 0.4) is 0 Å². The smallest absolute Gasteiger partial charge is 0.407 e. The van der Waals surface area contributed by atoms with Crippen LogP contribution in [0.15, 0.2) is 54.6 Å². The highest BCUT2D eigenvalue weighted by Gasteiger charge is 2.44. The van der Waals surface area contributed by atoms with Crippen LogP contribution >= 0.6 is 0 Å². The Kier molecular flexibility index (Phi) is 16.8. The molecule has 6 N–H and O–H groups in total. The second kappa shape index (κ2) is 21.0. The number of imide groups is 1. The zero-order valence-electron chi connectivity index (χ0n) is 33.1. The first-order valence-corrected chi connectivity index (χ1v) is 18.6. The number of rotatable bonds is 19. The SMILES string of the molecule is CC(C)(C)C(=O)OCc1ccc(NC(=O)[C@H](CCCNC(N)=O)NC(=O)[C@H](Cc2ccccc2)NC(=O)OCCOCCN2C(=O)CC(C(C)(C)C)C2=O)cc1. The number of urea groups is 1. The summed E-state index contributed by atoms with van der Waals surface area (Å²) in [4.78, 5) is 89.8. The van der Waals surface area contributed by atoms with Crippen molar-refractivity contribution in [1.82, 2.24) is 20.9 Å². The normalized spacial score (nSPS) is 15.4. The molecule has 1 aliphatic rings. The van der Waals surface area contributed by atoms with E-state index in [4.69, 9.17) is 19.9 Å². The van der Waals surface area contributed by atoms with E-state index in [2.05, 4.69) is 21.3 Å². The molecule has 16 nitrogen and oxygen atoms in total. The number of carbonyl (C=O) groups is 7. The van der Waals surface area contributed by atoms with E-state index in [9.17, 15) is 33.6 Å². The summed E-state index contributed by atoms with van der Waals surface area (Å²) < 4.78 is 16.1. The molecular weight excluding hydrogens is 724 g/mol. The van der Waals surface area contributed by atoms with Gasteiger partial charge in [-0.3, -0.25) is 28.9 Å². The van der Waals surface area contributed by atoms with Gasteiger partial charge in [0.25, 0.3) is 0 Å². The maximum atomic E-state index is 13.7. The summed E-state index contributed by atoms with van der Waals surface area (Å²) in [5.74, 6) is -2.41. The van der Waals surface area contributed by atoms with Gasteiger partial charge in [0, 0.05) is 25.1 Å². The Morgan fingerprint density at radius 1 is 0.821 bits per heavy atom. The first kappa shape index (κ1) is 44.9. The predicted octanol–water partition coefficient (Wildman–Crippen LogP) is 3.42. The number of carbonyl (C=O) groups excluding carboxylic acids is 7. The van der Waals surface area contributed by atoms with E-state index in [0.29, 0.717) is 11.3 Å². The van der Waals surface area contributed by atoms with Crippen LogP contribution in [-0.4, -0.2) is 91.6 Å². The first-order chi connectivity index (χ1) is 26.3. The van der Waals surface area contributed by atoms with Crippen molar-refractivity contribution in [2.75, 3.05) is 38.2 Å². The maximum absolute atomic E-state index is 13.7. The highest BCUT2D eigenvalue weighted by atomic mass is 16.6. The fraction of sp³-hybridized carbons (Fsp3) is 0.525. The Labute approximate surface area is 327 Å². The van der Waals surface area contributed by atoms with Gasteiger partial charge in [0.05, 0.1) is 31.1 Å². The number of hydrogen-bond acceptors (Lipinski definition) is 10. The molecule has 2 aromatic rings. The molecule has 1 saturated heterocycles. The van der Waals surface area contributed by atoms with Gasteiger partial charge in [-0.1, -0.05) is 63.2 Å². The Bertz CT molecular complexity index is 1670. The van der Waals surface area contributed by atoms with Crippen molar-refractivity contribution < 1.29 is 47.8 Å².